The third-order valence-corrected chi connectivity index (χ3v) is 7.77. The van der Waals surface area contributed by atoms with Crippen LogP contribution in [0, 0.1) is 17.8 Å². The van der Waals surface area contributed by atoms with Gasteiger partial charge in [0.1, 0.15) is 0 Å². The largest absolute Gasteiger partial charge is 0.356 e. The van der Waals surface area contributed by atoms with Gasteiger partial charge < -0.3 is 5.32 Å². The SMILES string of the molecule is O=C(CC1CC2CCC1C2)NCCCCCCCCN1CCc2ccccc2C1. The molecule has 1 N–H and O–H groups in total. The van der Waals surface area contributed by atoms with Gasteiger partial charge in [0.15, 0.2) is 0 Å². The van der Waals surface area contributed by atoms with Gasteiger partial charge in [-0.3, -0.25) is 9.69 Å². The van der Waals surface area contributed by atoms with Gasteiger partial charge in [0, 0.05) is 26.1 Å². The molecule has 3 aliphatic rings. The first kappa shape index (κ1) is 20.9. The molecule has 0 aromatic heterocycles. The molecule has 160 valence electrons. The summed E-state index contributed by atoms with van der Waals surface area (Å²) >= 11 is 0. The lowest BCUT2D eigenvalue weighted by Crippen LogP contribution is -2.31. The van der Waals surface area contributed by atoms with Gasteiger partial charge in [0.05, 0.1) is 0 Å². The topological polar surface area (TPSA) is 32.3 Å². The van der Waals surface area contributed by atoms with Crippen LogP contribution >= 0.6 is 0 Å². The second kappa shape index (κ2) is 10.6. The normalized spacial score (nSPS) is 25.9. The van der Waals surface area contributed by atoms with Gasteiger partial charge in [-0.25, -0.2) is 0 Å². The third-order valence-electron chi connectivity index (χ3n) is 7.77. The Morgan fingerprint density at radius 3 is 2.55 bits per heavy atom. The van der Waals surface area contributed by atoms with Gasteiger partial charge in [-0.05, 0) is 74.0 Å². The van der Waals surface area contributed by atoms with Gasteiger partial charge in [0.25, 0.3) is 0 Å². The first-order valence-electron chi connectivity index (χ1n) is 12.3. The molecule has 4 rings (SSSR count). The predicted octanol–water partition coefficient (Wildman–Crippen LogP) is 5.33. The molecule has 3 atom stereocenters. The maximum Gasteiger partial charge on any atom is 0.220 e. The van der Waals surface area contributed by atoms with Gasteiger partial charge in [-0.2, -0.15) is 0 Å². The molecule has 0 spiro atoms. The van der Waals surface area contributed by atoms with Crippen LogP contribution in [-0.2, 0) is 17.8 Å². The van der Waals surface area contributed by atoms with E-state index in [0.29, 0.717) is 11.8 Å². The smallest absolute Gasteiger partial charge is 0.220 e. The second-order valence-corrected chi connectivity index (χ2v) is 9.91. The number of unbranched alkanes of at least 4 members (excludes halogenated alkanes) is 5. The van der Waals surface area contributed by atoms with E-state index in [1.165, 1.54) is 82.9 Å². The quantitative estimate of drug-likeness (QED) is 0.513. The monoisotopic (exact) mass is 396 g/mol. The Balaban J connectivity index is 0.965. The minimum absolute atomic E-state index is 0.311. The summed E-state index contributed by atoms with van der Waals surface area (Å²) in [5, 5.41) is 3.18. The Hall–Kier alpha value is -1.35. The van der Waals surface area contributed by atoms with Crippen LogP contribution < -0.4 is 5.32 Å². The number of amides is 1. The Morgan fingerprint density at radius 1 is 0.966 bits per heavy atom. The van der Waals surface area contributed by atoms with E-state index >= 15 is 0 Å². The molecule has 1 aliphatic heterocycles. The Morgan fingerprint density at radius 2 is 1.76 bits per heavy atom. The van der Waals surface area contributed by atoms with E-state index in [0.717, 1.165) is 37.8 Å². The van der Waals surface area contributed by atoms with Crippen LogP contribution in [0.3, 0.4) is 0 Å². The van der Waals surface area contributed by atoms with E-state index in [-0.39, 0.29) is 0 Å². The van der Waals surface area contributed by atoms with Gasteiger partial charge >= 0.3 is 0 Å². The van der Waals surface area contributed by atoms with Crippen molar-refractivity contribution < 1.29 is 4.79 Å². The molecular weight excluding hydrogens is 356 g/mol. The van der Waals surface area contributed by atoms with Gasteiger partial charge in [-0.1, -0.05) is 56.4 Å². The molecule has 2 aliphatic carbocycles. The Kier molecular flexibility index (Phi) is 7.65. The highest BCUT2D eigenvalue weighted by atomic mass is 16.1. The highest BCUT2D eigenvalue weighted by Gasteiger charge is 2.39. The van der Waals surface area contributed by atoms with Crippen molar-refractivity contribution in [3.8, 4) is 0 Å². The van der Waals surface area contributed by atoms with Crippen molar-refractivity contribution in [3.63, 3.8) is 0 Å². The number of hydrogen-bond donors (Lipinski definition) is 1. The van der Waals surface area contributed by atoms with Crippen molar-refractivity contribution in [2.75, 3.05) is 19.6 Å². The maximum atomic E-state index is 12.2. The van der Waals surface area contributed by atoms with Crippen LogP contribution in [0.4, 0.5) is 0 Å². The minimum Gasteiger partial charge on any atom is -0.356 e. The zero-order valence-electron chi connectivity index (χ0n) is 18.2. The van der Waals surface area contributed by atoms with Crippen molar-refractivity contribution in [3.05, 3.63) is 35.4 Å². The average molecular weight is 397 g/mol. The zero-order valence-corrected chi connectivity index (χ0v) is 18.2. The molecular formula is C26H40N2O. The summed E-state index contributed by atoms with van der Waals surface area (Å²) in [5.41, 5.74) is 3.08. The fourth-order valence-corrected chi connectivity index (χ4v) is 6.08. The fourth-order valence-electron chi connectivity index (χ4n) is 6.08. The standard InChI is InChI=1S/C26H40N2O/c29-26(19-25-18-21-11-12-23(25)17-21)27-14-7-3-1-2-4-8-15-28-16-13-22-9-5-6-10-24(22)20-28/h5-6,9-10,21,23,25H,1-4,7-8,11-20H2,(H,27,29). The number of carbonyl (C=O) groups excluding carboxylic acids is 1. The number of benzene rings is 1. The zero-order chi connectivity index (χ0) is 19.9. The number of rotatable bonds is 11. The van der Waals surface area contributed by atoms with Crippen molar-refractivity contribution in [2.45, 2.75) is 83.6 Å². The summed E-state index contributed by atoms with van der Waals surface area (Å²) in [5.74, 6) is 2.82. The average Bonchev–Trinajstić information content (AvgIpc) is 3.35. The highest BCUT2D eigenvalue weighted by Crippen LogP contribution is 2.49. The summed E-state index contributed by atoms with van der Waals surface area (Å²) in [4.78, 5) is 14.8. The molecule has 3 heteroatoms. The molecule has 0 radical (unpaired) electrons. The molecule has 1 amide bonds. The van der Waals surface area contributed by atoms with E-state index in [1.807, 2.05) is 0 Å². The molecule has 2 bridgehead atoms. The lowest BCUT2D eigenvalue weighted by molar-refractivity contribution is -0.122. The molecule has 2 fully saturated rings. The number of carbonyl (C=O) groups is 1. The molecule has 1 aromatic rings. The fraction of sp³-hybridized carbons (Fsp3) is 0.731. The summed E-state index contributed by atoms with van der Waals surface area (Å²) in [6.45, 7) is 4.48. The van der Waals surface area contributed by atoms with E-state index < -0.39 is 0 Å². The van der Waals surface area contributed by atoms with E-state index in [2.05, 4.69) is 34.5 Å². The third kappa shape index (κ3) is 6.07. The molecule has 1 heterocycles. The lowest BCUT2D eigenvalue weighted by atomic mass is 9.86. The van der Waals surface area contributed by atoms with E-state index in [1.54, 1.807) is 5.56 Å². The van der Waals surface area contributed by atoms with Crippen molar-refractivity contribution in [1.82, 2.24) is 10.2 Å². The van der Waals surface area contributed by atoms with Crippen LogP contribution in [0.25, 0.3) is 0 Å². The van der Waals surface area contributed by atoms with Gasteiger partial charge in [0.2, 0.25) is 5.91 Å². The van der Waals surface area contributed by atoms with Crippen LogP contribution in [-0.4, -0.2) is 30.4 Å². The van der Waals surface area contributed by atoms with Crippen LogP contribution in [0.2, 0.25) is 0 Å². The Labute approximate surface area is 177 Å². The molecule has 3 unspecified atom stereocenters. The molecule has 29 heavy (non-hydrogen) atoms. The molecule has 3 nitrogen and oxygen atoms in total. The predicted molar refractivity (Wildman–Crippen MR) is 120 cm³/mol. The highest BCUT2D eigenvalue weighted by molar-refractivity contribution is 5.76. The van der Waals surface area contributed by atoms with E-state index in [9.17, 15) is 4.79 Å². The first-order valence-corrected chi connectivity index (χ1v) is 12.3. The number of nitrogens with zero attached hydrogens (tertiary/aromatic N) is 1. The summed E-state index contributed by atoms with van der Waals surface area (Å²) < 4.78 is 0. The number of fused-ring (bicyclic) bond motifs is 3. The summed E-state index contributed by atoms with van der Waals surface area (Å²) in [6, 6.07) is 8.91. The van der Waals surface area contributed by atoms with Crippen LogP contribution in [0.5, 0.6) is 0 Å². The van der Waals surface area contributed by atoms with E-state index in [4.69, 9.17) is 0 Å². The van der Waals surface area contributed by atoms with Crippen molar-refractivity contribution >= 4 is 5.91 Å². The van der Waals surface area contributed by atoms with Gasteiger partial charge in [-0.15, -0.1) is 0 Å². The minimum atomic E-state index is 0.311. The second-order valence-electron chi connectivity index (χ2n) is 9.91. The molecule has 2 saturated carbocycles. The molecule has 1 aromatic carbocycles. The lowest BCUT2D eigenvalue weighted by Gasteiger charge is -2.28. The number of nitrogens with one attached hydrogen (secondary N) is 1. The van der Waals surface area contributed by atoms with Crippen molar-refractivity contribution in [2.24, 2.45) is 17.8 Å². The Bertz CT molecular complexity index is 658. The van der Waals surface area contributed by atoms with Crippen LogP contribution in [0.15, 0.2) is 24.3 Å². The summed E-state index contributed by atoms with van der Waals surface area (Å²) in [6.07, 6.45) is 15.3. The molecule has 0 saturated heterocycles. The maximum absolute atomic E-state index is 12.2. The summed E-state index contributed by atoms with van der Waals surface area (Å²) in [7, 11) is 0. The number of hydrogen-bond acceptors (Lipinski definition) is 2. The van der Waals surface area contributed by atoms with Crippen molar-refractivity contribution in [1.29, 1.82) is 0 Å². The van der Waals surface area contributed by atoms with Crippen LogP contribution in [0.1, 0.15) is 81.8 Å². The first-order chi connectivity index (χ1) is 14.3.